The van der Waals surface area contributed by atoms with Gasteiger partial charge in [0.1, 0.15) is 0 Å². The first kappa shape index (κ1) is 10.7. The standard InChI is InChI=1S/C7H14N2O.ClH/c1-7(2)3-4-9-5(7)6(8)10;/h5,9H,3-4H2,1-2H3,(H2,8,10);1H. The van der Waals surface area contributed by atoms with Crippen molar-refractivity contribution in [3.63, 3.8) is 0 Å². The molecule has 0 aromatic heterocycles. The number of hydrogen-bond donors (Lipinski definition) is 2. The Morgan fingerprint density at radius 3 is 2.36 bits per heavy atom. The van der Waals surface area contributed by atoms with Crippen molar-refractivity contribution >= 4 is 18.3 Å². The second-order valence-electron chi connectivity index (χ2n) is 3.53. The maximum absolute atomic E-state index is 10.8. The van der Waals surface area contributed by atoms with E-state index in [1.165, 1.54) is 0 Å². The van der Waals surface area contributed by atoms with Crippen molar-refractivity contribution in [2.24, 2.45) is 11.1 Å². The molecule has 1 rings (SSSR count). The van der Waals surface area contributed by atoms with Gasteiger partial charge in [0.05, 0.1) is 6.04 Å². The van der Waals surface area contributed by atoms with E-state index in [1.54, 1.807) is 0 Å². The molecule has 1 unspecified atom stereocenters. The Kier molecular flexibility index (Phi) is 3.32. The molecule has 1 aliphatic rings. The van der Waals surface area contributed by atoms with Crippen LogP contribution in [0.3, 0.4) is 0 Å². The van der Waals surface area contributed by atoms with Crippen LogP contribution < -0.4 is 11.1 Å². The van der Waals surface area contributed by atoms with Gasteiger partial charge < -0.3 is 11.1 Å². The van der Waals surface area contributed by atoms with Crippen LogP contribution in [0.25, 0.3) is 0 Å². The molecule has 1 saturated heterocycles. The van der Waals surface area contributed by atoms with Gasteiger partial charge in [0.25, 0.3) is 0 Å². The molecule has 66 valence electrons. The summed E-state index contributed by atoms with van der Waals surface area (Å²) in [6.07, 6.45) is 1.03. The molecule has 1 fully saturated rings. The molecule has 0 spiro atoms. The molecule has 1 aliphatic heterocycles. The van der Waals surface area contributed by atoms with E-state index in [0.717, 1.165) is 13.0 Å². The Balaban J connectivity index is 0.000001000. The Morgan fingerprint density at radius 1 is 1.64 bits per heavy atom. The van der Waals surface area contributed by atoms with E-state index < -0.39 is 0 Å². The molecule has 1 amide bonds. The molecule has 0 aliphatic carbocycles. The van der Waals surface area contributed by atoms with Crippen LogP contribution in [0.2, 0.25) is 0 Å². The molecule has 4 heteroatoms. The van der Waals surface area contributed by atoms with Gasteiger partial charge in [-0.15, -0.1) is 12.4 Å². The van der Waals surface area contributed by atoms with Crippen LogP contribution in [0, 0.1) is 5.41 Å². The summed E-state index contributed by atoms with van der Waals surface area (Å²) in [5, 5.41) is 3.07. The van der Waals surface area contributed by atoms with Crippen molar-refractivity contribution in [1.82, 2.24) is 5.32 Å². The fourth-order valence-corrected chi connectivity index (χ4v) is 1.45. The lowest BCUT2D eigenvalue weighted by atomic mass is 9.85. The number of nitrogens with two attached hydrogens (primary N) is 1. The predicted octanol–water partition coefficient (Wildman–Crippen LogP) is 0.282. The largest absolute Gasteiger partial charge is 0.368 e. The van der Waals surface area contributed by atoms with Gasteiger partial charge in [-0.3, -0.25) is 4.79 Å². The third-order valence-corrected chi connectivity index (χ3v) is 2.18. The summed E-state index contributed by atoms with van der Waals surface area (Å²) in [6, 6.07) is -0.132. The fraction of sp³-hybridized carbons (Fsp3) is 0.857. The molecular formula is C7H15ClN2O. The number of primary amides is 1. The van der Waals surface area contributed by atoms with Crippen LogP contribution in [0.1, 0.15) is 20.3 Å². The van der Waals surface area contributed by atoms with Gasteiger partial charge in [-0.2, -0.15) is 0 Å². The summed E-state index contributed by atoms with van der Waals surface area (Å²) in [5.74, 6) is -0.234. The summed E-state index contributed by atoms with van der Waals surface area (Å²) in [7, 11) is 0. The highest BCUT2D eigenvalue weighted by Gasteiger charge is 2.37. The van der Waals surface area contributed by atoms with Gasteiger partial charge in [-0.05, 0) is 18.4 Å². The summed E-state index contributed by atoms with van der Waals surface area (Å²) in [6.45, 7) is 5.02. The first-order valence-electron chi connectivity index (χ1n) is 3.57. The SMILES string of the molecule is CC1(C)CCNC1C(N)=O.Cl. The van der Waals surface area contributed by atoms with Crippen molar-refractivity contribution in [1.29, 1.82) is 0 Å². The maximum Gasteiger partial charge on any atom is 0.235 e. The topological polar surface area (TPSA) is 55.1 Å². The van der Waals surface area contributed by atoms with E-state index >= 15 is 0 Å². The zero-order valence-electron chi connectivity index (χ0n) is 6.89. The van der Waals surface area contributed by atoms with E-state index in [1.807, 2.05) is 0 Å². The molecule has 0 bridgehead atoms. The van der Waals surface area contributed by atoms with Crippen LogP contribution in [0.5, 0.6) is 0 Å². The van der Waals surface area contributed by atoms with Crippen LogP contribution >= 0.6 is 12.4 Å². The first-order chi connectivity index (χ1) is 4.54. The molecule has 0 radical (unpaired) electrons. The second-order valence-corrected chi connectivity index (χ2v) is 3.53. The average Bonchev–Trinajstić information content (AvgIpc) is 2.08. The van der Waals surface area contributed by atoms with Gasteiger partial charge in [-0.1, -0.05) is 13.8 Å². The van der Waals surface area contributed by atoms with E-state index in [9.17, 15) is 4.79 Å². The average molecular weight is 179 g/mol. The van der Waals surface area contributed by atoms with Gasteiger partial charge >= 0.3 is 0 Å². The van der Waals surface area contributed by atoms with Crippen LogP contribution in [0.15, 0.2) is 0 Å². The van der Waals surface area contributed by atoms with E-state index in [2.05, 4.69) is 19.2 Å². The highest BCUT2D eigenvalue weighted by Crippen LogP contribution is 2.29. The minimum absolute atomic E-state index is 0. The minimum Gasteiger partial charge on any atom is -0.368 e. The maximum atomic E-state index is 10.8. The fourth-order valence-electron chi connectivity index (χ4n) is 1.45. The number of halogens is 1. The number of amides is 1. The molecule has 1 heterocycles. The quantitative estimate of drug-likeness (QED) is 0.606. The first-order valence-corrected chi connectivity index (χ1v) is 3.57. The Morgan fingerprint density at radius 2 is 2.18 bits per heavy atom. The Labute approximate surface area is 73.1 Å². The van der Waals surface area contributed by atoms with Gasteiger partial charge in [0, 0.05) is 0 Å². The van der Waals surface area contributed by atoms with Crippen LogP contribution in [-0.2, 0) is 4.79 Å². The van der Waals surface area contributed by atoms with Crippen molar-refractivity contribution in [2.75, 3.05) is 6.54 Å². The highest BCUT2D eigenvalue weighted by atomic mass is 35.5. The molecule has 0 aromatic carbocycles. The Bertz CT molecular complexity index is 159. The van der Waals surface area contributed by atoms with E-state index in [-0.39, 0.29) is 29.8 Å². The third-order valence-electron chi connectivity index (χ3n) is 2.18. The van der Waals surface area contributed by atoms with Gasteiger partial charge in [-0.25, -0.2) is 0 Å². The summed E-state index contributed by atoms with van der Waals surface area (Å²) in [5.41, 5.74) is 5.22. The summed E-state index contributed by atoms with van der Waals surface area (Å²) in [4.78, 5) is 10.8. The lowest BCUT2D eigenvalue weighted by molar-refractivity contribution is -0.121. The smallest absolute Gasteiger partial charge is 0.235 e. The molecule has 11 heavy (non-hydrogen) atoms. The molecular weight excluding hydrogens is 164 g/mol. The normalized spacial score (nSPS) is 27.6. The van der Waals surface area contributed by atoms with Gasteiger partial charge in [0.15, 0.2) is 0 Å². The highest BCUT2D eigenvalue weighted by molar-refractivity contribution is 5.85. The van der Waals surface area contributed by atoms with Crippen LogP contribution in [-0.4, -0.2) is 18.5 Å². The number of nitrogens with one attached hydrogen (secondary N) is 1. The third kappa shape index (κ3) is 2.07. The lowest BCUT2D eigenvalue weighted by Crippen LogP contribution is -2.44. The number of rotatable bonds is 1. The second kappa shape index (κ2) is 3.41. The minimum atomic E-state index is -0.234. The predicted molar refractivity (Wildman–Crippen MR) is 46.6 cm³/mol. The number of carbonyl (C=O) groups excluding carboxylic acids is 1. The van der Waals surface area contributed by atoms with Crippen molar-refractivity contribution in [3.8, 4) is 0 Å². The lowest BCUT2D eigenvalue weighted by Gasteiger charge is -2.22. The molecule has 0 saturated carbocycles. The zero-order valence-corrected chi connectivity index (χ0v) is 7.70. The summed E-state index contributed by atoms with van der Waals surface area (Å²) >= 11 is 0. The Hall–Kier alpha value is -0.280. The zero-order chi connectivity index (χ0) is 7.78. The molecule has 0 aromatic rings. The monoisotopic (exact) mass is 178 g/mol. The van der Waals surface area contributed by atoms with E-state index in [0.29, 0.717) is 0 Å². The summed E-state index contributed by atoms with van der Waals surface area (Å²) < 4.78 is 0. The van der Waals surface area contributed by atoms with Crippen molar-refractivity contribution < 1.29 is 4.79 Å². The van der Waals surface area contributed by atoms with E-state index in [4.69, 9.17) is 5.73 Å². The van der Waals surface area contributed by atoms with Crippen molar-refractivity contribution in [3.05, 3.63) is 0 Å². The molecule has 3 nitrogen and oxygen atoms in total. The number of carbonyl (C=O) groups is 1. The van der Waals surface area contributed by atoms with Crippen molar-refractivity contribution in [2.45, 2.75) is 26.3 Å². The molecule has 1 atom stereocenters. The van der Waals surface area contributed by atoms with Crippen LogP contribution in [0.4, 0.5) is 0 Å². The molecule has 3 N–H and O–H groups in total. The van der Waals surface area contributed by atoms with Gasteiger partial charge in [0.2, 0.25) is 5.91 Å². The number of hydrogen-bond acceptors (Lipinski definition) is 2.